The molecule has 1 aromatic heterocycles. The Morgan fingerprint density at radius 2 is 2.18 bits per heavy atom. The number of hydrogen-bond acceptors (Lipinski definition) is 2. The number of halogens is 1. The Balaban J connectivity index is 1.97. The zero-order chi connectivity index (χ0) is 12.3. The fourth-order valence-electron chi connectivity index (χ4n) is 1.80. The Morgan fingerprint density at radius 1 is 1.35 bits per heavy atom. The van der Waals surface area contributed by atoms with E-state index in [2.05, 4.69) is 27.9 Å². The summed E-state index contributed by atoms with van der Waals surface area (Å²) >= 11 is 6.14. The second-order valence-corrected chi connectivity index (χ2v) is 4.43. The van der Waals surface area contributed by atoms with E-state index in [4.69, 9.17) is 11.6 Å². The molecule has 3 nitrogen and oxygen atoms in total. The van der Waals surface area contributed by atoms with E-state index in [0.717, 1.165) is 29.6 Å². The van der Waals surface area contributed by atoms with Crippen LogP contribution in [0.1, 0.15) is 11.4 Å². The molecule has 0 spiro atoms. The van der Waals surface area contributed by atoms with Crippen molar-refractivity contribution in [3.05, 3.63) is 47.0 Å². The van der Waals surface area contributed by atoms with Crippen molar-refractivity contribution in [1.29, 1.82) is 0 Å². The lowest BCUT2D eigenvalue weighted by Gasteiger charge is -2.12. The van der Waals surface area contributed by atoms with Crippen LogP contribution in [0.2, 0.25) is 5.02 Å². The van der Waals surface area contributed by atoms with E-state index in [9.17, 15) is 0 Å². The third-order valence-corrected chi connectivity index (χ3v) is 3.12. The van der Waals surface area contributed by atoms with Gasteiger partial charge in [0.05, 0.1) is 10.7 Å². The average Bonchev–Trinajstić information content (AvgIpc) is 2.69. The fourth-order valence-corrected chi connectivity index (χ4v) is 2.09. The molecule has 0 aliphatic rings. The van der Waals surface area contributed by atoms with Crippen molar-refractivity contribution in [2.45, 2.75) is 20.4 Å². The Kier molecular flexibility index (Phi) is 3.69. The van der Waals surface area contributed by atoms with Crippen LogP contribution in [0.15, 0.2) is 30.6 Å². The molecule has 0 fully saturated rings. The molecule has 0 atom stereocenters. The van der Waals surface area contributed by atoms with Gasteiger partial charge in [0.25, 0.3) is 0 Å². The highest BCUT2D eigenvalue weighted by atomic mass is 35.5. The van der Waals surface area contributed by atoms with Gasteiger partial charge < -0.3 is 9.88 Å². The van der Waals surface area contributed by atoms with Crippen molar-refractivity contribution < 1.29 is 0 Å². The van der Waals surface area contributed by atoms with Crippen LogP contribution in [0.25, 0.3) is 0 Å². The number of nitrogens with zero attached hydrogens (tertiary/aromatic N) is 2. The van der Waals surface area contributed by atoms with Gasteiger partial charge >= 0.3 is 0 Å². The summed E-state index contributed by atoms with van der Waals surface area (Å²) in [5.74, 6) is 1.03. The molecule has 0 aliphatic heterocycles. The molecule has 0 saturated heterocycles. The first-order valence-electron chi connectivity index (χ1n) is 5.65. The summed E-state index contributed by atoms with van der Waals surface area (Å²) in [7, 11) is 0. The van der Waals surface area contributed by atoms with Gasteiger partial charge in [-0.1, -0.05) is 23.7 Å². The minimum absolute atomic E-state index is 0.771. The molecule has 0 radical (unpaired) electrons. The maximum atomic E-state index is 6.14. The predicted octanol–water partition coefficient (Wildman–Crippen LogP) is 3.27. The maximum Gasteiger partial charge on any atom is 0.105 e. The van der Waals surface area contributed by atoms with Crippen molar-refractivity contribution in [1.82, 2.24) is 9.55 Å². The summed E-state index contributed by atoms with van der Waals surface area (Å²) < 4.78 is 2.11. The lowest BCUT2D eigenvalue weighted by molar-refractivity contribution is 0.701. The Labute approximate surface area is 106 Å². The Bertz CT molecular complexity index is 485. The van der Waals surface area contributed by atoms with Crippen molar-refractivity contribution in [3.8, 4) is 0 Å². The van der Waals surface area contributed by atoms with Gasteiger partial charge in [-0.05, 0) is 25.5 Å². The van der Waals surface area contributed by atoms with Gasteiger partial charge in [-0.3, -0.25) is 0 Å². The normalized spacial score (nSPS) is 10.5. The number of anilines is 1. The second-order valence-electron chi connectivity index (χ2n) is 4.03. The monoisotopic (exact) mass is 249 g/mol. The summed E-state index contributed by atoms with van der Waals surface area (Å²) in [6.07, 6.45) is 3.80. The summed E-state index contributed by atoms with van der Waals surface area (Å²) in [6, 6.07) is 5.92. The summed E-state index contributed by atoms with van der Waals surface area (Å²) in [6.45, 7) is 5.77. The molecule has 1 N–H and O–H groups in total. The second kappa shape index (κ2) is 5.23. The van der Waals surface area contributed by atoms with Crippen LogP contribution in [-0.2, 0) is 6.54 Å². The van der Waals surface area contributed by atoms with Gasteiger partial charge in [-0.25, -0.2) is 4.98 Å². The Morgan fingerprint density at radius 3 is 2.82 bits per heavy atom. The van der Waals surface area contributed by atoms with Crippen LogP contribution >= 0.6 is 11.6 Å². The molecular weight excluding hydrogens is 234 g/mol. The molecule has 0 saturated carbocycles. The standard InChI is InChI=1S/C13H16ClN3/c1-10-4-3-5-12(14)13(10)16-7-9-17-8-6-15-11(17)2/h3-6,8,16H,7,9H2,1-2H3. The minimum Gasteiger partial charge on any atom is -0.382 e. The zero-order valence-electron chi connectivity index (χ0n) is 10.1. The van der Waals surface area contributed by atoms with Crippen LogP contribution in [0.3, 0.4) is 0 Å². The van der Waals surface area contributed by atoms with E-state index in [0.29, 0.717) is 0 Å². The minimum atomic E-state index is 0.771. The molecule has 1 aromatic carbocycles. The van der Waals surface area contributed by atoms with Crippen LogP contribution in [0, 0.1) is 13.8 Å². The average molecular weight is 250 g/mol. The van der Waals surface area contributed by atoms with Gasteiger partial charge in [0.2, 0.25) is 0 Å². The third-order valence-electron chi connectivity index (χ3n) is 2.80. The zero-order valence-corrected chi connectivity index (χ0v) is 10.8. The summed E-state index contributed by atoms with van der Waals surface area (Å²) in [5, 5.41) is 4.14. The number of nitrogens with one attached hydrogen (secondary N) is 1. The van der Waals surface area contributed by atoms with E-state index in [1.54, 1.807) is 0 Å². The number of rotatable bonds is 4. The molecule has 1 heterocycles. The smallest absolute Gasteiger partial charge is 0.105 e. The highest BCUT2D eigenvalue weighted by Gasteiger charge is 2.02. The molecule has 4 heteroatoms. The highest BCUT2D eigenvalue weighted by molar-refractivity contribution is 6.33. The quantitative estimate of drug-likeness (QED) is 0.901. The third kappa shape index (κ3) is 2.80. The predicted molar refractivity (Wildman–Crippen MR) is 71.6 cm³/mol. The number of hydrogen-bond donors (Lipinski definition) is 1. The van der Waals surface area contributed by atoms with E-state index in [1.165, 1.54) is 5.56 Å². The SMILES string of the molecule is Cc1cccc(Cl)c1NCCn1ccnc1C. The maximum absolute atomic E-state index is 6.14. The number of imidazole rings is 1. The fraction of sp³-hybridized carbons (Fsp3) is 0.308. The molecule has 17 heavy (non-hydrogen) atoms. The first-order chi connectivity index (χ1) is 8.18. The molecule has 90 valence electrons. The van der Waals surface area contributed by atoms with E-state index >= 15 is 0 Å². The van der Waals surface area contributed by atoms with Crippen molar-refractivity contribution >= 4 is 17.3 Å². The molecule has 0 bridgehead atoms. The van der Waals surface area contributed by atoms with Crippen molar-refractivity contribution in [2.75, 3.05) is 11.9 Å². The van der Waals surface area contributed by atoms with Gasteiger partial charge in [0, 0.05) is 25.5 Å². The largest absolute Gasteiger partial charge is 0.382 e. The molecule has 0 aliphatic carbocycles. The number of benzene rings is 1. The highest BCUT2D eigenvalue weighted by Crippen LogP contribution is 2.24. The van der Waals surface area contributed by atoms with Crippen LogP contribution in [-0.4, -0.2) is 16.1 Å². The molecular formula is C13H16ClN3. The van der Waals surface area contributed by atoms with Crippen LogP contribution < -0.4 is 5.32 Å². The van der Waals surface area contributed by atoms with Crippen molar-refractivity contribution in [3.63, 3.8) is 0 Å². The van der Waals surface area contributed by atoms with E-state index in [1.807, 2.05) is 31.5 Å². The van der Waals surface area contributed by atoms with E-state index in [-0.39, 0.29) is 0 Å². The summed E-state index contributed by atoms with van der Waals surface area (Å²) in [5.41, 5.74) is 2.19. The molecule has 0 amide bonds. The number of para-hydroxylation sites is 1. The molecule has 2 rings (SSSR count). The lowest BCUT2D eigenvalue weighted by Crippen LogP contribution is -2.11. The molecule has 0 unspecified atom stereocenters. The lowest BCUT2D eigenvalue weighted by atomic mass is 10.2. The first-order valence-corrected chi connectivity index (χ1v) is 6.03. The van der Waals surface area contributed by atoms with Gasteiger partial charge in [-0.15, -0.1) is 0 Å². The summed E-state index contributed by atoms with van der Waals surface area (Å²) in [4.78, 5) is 4.19. The van der Waals surface area contributed by atoms with Crippen LogP contribution in [0.5, 0.6) is 0 Å². The molecule has 2 aromatic rings. The number of aryl methyl sites for hydroxylation is 2. The first kappa shape index (κ1) is 12.0. The topological polar surface area (TPSA) is 29.9 Å². The Hall–Kier alpha value is -1.48. The van der Waals surface area contributed by atoms with Crippen molar-refractivity contribution in [2.24, 2.45) is 0 Å². The van der Waals surface area contributed by atoms with Gasteiger partial charge in [0.1, 0.15) is 5.82 Å². The number of aromatic nitrogens is 2. The van der Waals surface area contributed by atoms with Gasteiger partial charge in [0.15, 0.2) is 0 Å². The van der Waals surface area contributed by atoms with Crippen LogP contribution in [0.4, 0.5) is 5.69 Å². The van der Waals surface area contributed by atoms with E-state index < -0.39 is 0 Å². The van der Waals surface area contributed by atoms with Gasteiger partial charge in [-0.2, -0.15) is 0 Å².